The molecule has 2 nitrogen and oxygen atoms in total. The van der Waals surface area contributed by atoms with Crippen LogP contribution in [0.4, 0.5) is 4.39 Å². The first-order valence-corrected chi connectivity index (χ1v) is 7.02. The molecule has 0 spiro atoms. The molecule has 21 heavy (non-hydrogen) atoms. The van der Waals surface area contributed by atoms with Crippen LogP contribution in [0.1, 0.15) is 36.8 Å². The molecule has 0 amide bonds. The van der Waals surface area contributed by atoms with Crippen LogP contribution >= 0.6 is 0 Å². The highest BCUT2D eigenvalue weighted by Crippen LogP contribution is 2.36. The Balaban J connectivity index is 2.02. The van der Waals surface area contributed by atoms with E-state index in [4.69, 9.17) is 9.47 Å². The zero-order valence-corrected chi connectivity index (χ0v) is 12.0. The monoisotopic (exact) mass is 284 g/mol. The van der Waals surface area contributed by atoms with Crippen LogP contribution in [-0.2, 0) is 9.47 Å². The van der Waals surface area contributed by atoms with E-state index >= 15 is 0 Å². The minimum atomic E-state index is -0.468. The average molecular weight is 284 g/mol. The highest BCUT2D eigenvalue weighted by atomic mass is 19.1. The van der Waals surface area contributed by atoms with Gasteiger partial charge in [0.15, 0.2) is 0 Å². The first-order chi connectivity index (χ1) is 10.1. The largest absolute Gasteiger partial charge is 0.460 e. The van der Waals surface area contributed by atoms with Crippen LogP contribution in [0.3, 0.4) is 0 Å². The van der Waals surface area contributed by atoms with Crippen molar-refractivity contribution in [3.05, 3.63) is 71.0 Å². The quantitative estimate of drug-likeness (QED) is 0.807. The molecule has 0 aromatic heterocycles. The Morgan fingerprint density at radius 3 is 2.67 bits per heavy atom. The third-order valence-electron chi connectivity index (χ3n) is 3.28. The maximum Gasteiger partial charge on any atom is 0.227 e. The highest BCUT2D eigenvalue weighted by molar-refractivity contribution is 5.80. The van der Waals surface area contributed by atoms with E-state index in [0.29, 0.717) is 11.3 Å². The van der Waals surface area contributed by atoms with Gasteiger partial charge >= 0.3 is 0 Å². The SMILES string of the molecule is CC(C)OC1OC(c2cccc(F)c2)=Cc2ccccc21. The maximum absolute atomic E-state index is 13.4. The molecule has 0 radical (unpaired) electrons. The Hall–Kier alpha value is -2.13. The third-order valence-corrected chi connectivity index (χ3v) is 3.28. The van der Waals surface area contributed by atoms with Crippen LogP contribution in [0, 0.1) is 5.82 Å². The summed E-state index contributed by atoms with van der Waals surface area (Å²) in [7, 11) is 0. The number of rotatable bonds is 3. The summed E-state index contributed by atoms with van der Waals surface area (Å²) in [6.07, 6.45) is 1.49. The second-order valence-electron chi connectivity index (χ2n) is 5.28. The van der Waals surface area contributed by atoms with Crippen molar-refractivity contribution >= 4 is 11.8 Å². The lowest BCUT2D eigenvalue weighted by Crippen LogP contribution is -2.17. The van der Waals surface area contributed by atoms with E-state index in [9.17, 15) is 4.39 Å². The normalized spacial score (nSPS) is 17.1. The fourth-order valence-electron chi connectivity index (χ4n) is 2.35. The van der Waals surface area contributed by atoms with Gasteiger partial charge in [-0.2, -0.15) is 0 Å². The summed E-state index contributed by atoms with van der Waals surface area (Å²) in [5.41, 5.74) is 2.74. The minimum absolute atomic E-state index is 0.0370. The molecule has 1 heterocycles. The molecule has 0 bridgehead atoms. The molecule has 1 aliphatic rings. The standard InChI is InChI=1S/C18H17FO2/c1-12(2)20-18-16-9-4-3-6-13(16)11-17(21-18)14-7-5-8-15(19)10-14/h3-12,18H,1-2H3. The van der Waals surface area contributed by atoms with Crippen LogP contribution < -0.4 is 0 Å². The zero-order chi connectivity index (χ0) is 14.8. The van der Waals surface area contributed by atoms with Crippen molar-refractivity contribution in [2.24, 2.45) is 0 Å². The number of ether oxygens (including phenoxy) is 2. The van der Waals surface area contributed by atoms with Gasteiger partial charge in [-0.05, 0) is 37.6 Å². The Morgan fingerprint density at radius 1 is 1.10 bits per heavy atom. The molecule has 3 rings (SSSR count). The molecule has 0 N–H and O–H groups in total. The molecule has 1 aliphatic heterocycles. The molecule has 1 unspecified atom stereocenters. The van der Waals surface area contributed by atoms with E-state index < -0.39 is 6.29 Å². The molecule has 0 saturated carbocycles. The second kappa shape index (κ2) is 5.70. The van der Waals surface area contributed by atoms with Crippen LogP contribution in [0.2, 0.25) is 0 Å². The van der Waals surface area contributed by atoms with Gasteiger partial charge in [-0.15, -0.1) is 0 Å². The summed E-state index contributed by atoms with van der Waals surface area (Å²) in [6, 6.07) is 14.3. The summed E-state index contributed by atoms with van der Waals surface area (Å²) in [4.78, 5) is 0. The van der Waals surface area contributed by atoms with Crippen LogP contribution in [-0.4, -0.2) is 6.10 Å². The van der Waals surface area contributed by atoms with Gasteiger partial charge in [0, 0.05) is 11.1 Å². The Bertz CT molecular complexity index is 676. The molecular formula is C18H17FO2. The molecule has 108 valence electrons. The van der Waals surface area contributed by atoms with Crippen molar-refractivity contribution < 1.29 is 13.9 Å². The van der Waals surface area contributed by atoms with Gasteiger partial charge in [0.2, 0.25) is 6.29 Å². The van der Waals surface area contributed by atoms with Crippen LogP contribution in [0.15, 0.2) is 48.5 Å². The van der Waals surface area contributed by atoms with E-state index in [1.54, 1.807) is 6.07 Å². The van der Waals surface area contributed by atoms with Gasteiger partial charge < -0.3 is 9.47 Å². The maximum atomic E-state index is 13.4. The van der Waals surface area contributed by atoms with E-state index in [0.717, 1.165) is 11.1 Å². The number of fused-ring (bicyclic) bond motifs is 1. The van der Waals surface area contributed by atoms with Crippen molar-refractivity contribution in [3.63, 3.8) is 0 Å². The van der Waals surface area contributed by atoms with Gasteiger partial charge in [-0.3, -0.25) is 0 Å². The van der Waals surface area contributed by atoms with Crippen molar-refractivity contribution in [1.82, 2.24) is 0 Å². The van der Waals surface area contributed by atoms with Crippen molar-refractivity contribution in [3.8, 4) is 0 Å². The number of hydrogen-bond donors (Lipinski definition) is 0. The van der Waals surface area contributed by atoms with Crippen molar-refractivity contribution in [2.75, 3.05) is 0 Å². The summed E-state index contributed by atoms with van der Waals surface area (Å²) >= 11 is 0. The van der Waals surface area contributed by atoms with Crippen LogP contribution in [0.5, 0.6) is 0 Å². The first-order valence-electron chi connectivity index (χ1n) is 7.02. The lowest BCUT2D eigenvalue weighted by molar-refractivity contribution is -0.127. The summed E-state index contributed by atoms with van der Waals surface area (Å²) in [5, 5.41) is 0. The number of hydrogen-bond acceptors (Lipinski definition) is 2. The third kappa shape index (κ3) is 2.98. The van der Waals surface area contributed by atoms with E-state index in [2.05, 4.69) is 0 Å². The first kappa shape index (κ1) is 13.8. The predicted octanol–water partition coefficient (Wildman–Crippen LogP) is 4.78. The Morgan fingerprint density at radius 2 is 1.90 bits per heavy atom. The van der Waals surface area contributed by atoms with Gasteiger partial charge in [0.05, 0.1) is 6.10 Å². The molecule has 1 atom stereocenters. The molecular weight excluding hydrogens is 267 g/mol. The lowest BCUT2D eigenvalue weighted by atomic mass is 10.0. The Labute approximate surface area is 123 Å². The number of halogens is 1. The Kier molecular flexibility index (Phi) is 3.76. The average Bonchev–Trinajstić information content (AvgIpc) is 2.46. The van der Waals surface area contributed by atoms with E-state index in [1.807, 2.05) is 50.3 Å². The number of benzene rings is 2. The molecule has 0 fully saturated rings. The smallest absolute Gasteiger partial charge is 0.227 e. The molecule has 0 saturated heterocycles. The molecule has 0 aliphatic carbocycles. The molecule has 2 aromatic rings. The lowest BCUT2D eigenvalue weighted by Gasteiger charge is -2.28. The van der Waals surface area contributed by atoms with Crippen molar-refractivity contribution in [2.45, 2.75) is 26.2 Å². The van der Waals surface area contributed by atoms with Crippen molar-refractivity contribution in [1.29, 1.82) is 0 Å². The fraction of sp³-hybridized carbons (Fsp3) is 0.222. The second-order valence-corrected chi connectivity index (χ2v) is 5.28. The van der Waals surface area contributed by atoms with Gasteiger partial charge in [-0.1, -0.05) is 36.4 Å². The summed E-state index contributed by atoms with van der Waals surface area (Å²) in [5.74, 6) is 0.344. The van der Waals surface area contributed by atoms with Gasteiger partial charge in [0.25, 0.3) is 0 Å². The van der Waals surface area contributed by atoms with E-state index in [-0.39, 0.29) is 11.9 Å². The molecule has 2 aromatic carbocycles. The van der Waals surface area contributed by atoms with Crippen LogP contribution in [0.25, 0.3) is 11.8 Å². The van der Waals surface area contributed by atoms with Gasteiger partial charge in [0.1, 0.15) is 11.6 Å². The highest BCUT2D eigenvalue weighted by Gasteiger charge is 2.24. The topological polar surface area (TPSA) is 18.5 Å². The minimum Gasteiger partial charge on any atom is -0.460 e. The molecule has 3 heteroatoms. The zero-order valence-electron chi connectivity index (χ0n) is 12.0. The fourth-order valence-corrected chi connectivity index (χ4v) is 2.35. The van der Waals surface area contributed by atoms with E-state index in [1.165, 1.54) is 12.1 Å². The predicted molar refractivity (Wildman–Crippen MR) is 80.8 cm³/mol. The summed E-state index contributed by atoms with van der Waals surface area (Å²) in [6.45, 7) is 3.93. The summed E-state index contributed by atoms with van der Waals surface area (Å²) < 4.78 is 25.2. The van der Waals surface area contributed by atoms with Gasteiger partial charge in [-0.25, -0.2) is 4.39 Å².